The SMILES string of the molecule is C=CCn1c(SCC(=O)Nc2c(Cl)cc(Cl)cc2Cl)nnc1[C@H](C)NC(=O)c1ccccc1C. The van der Waals surface area contributed by atoms with E-state index in [0.717, 1.165) is 5.56 Å². The second-order valence-electron chi connectivity index (χ2n) is 7.33. The lowest BCUT2D eigenvalue weighted by molar-refractivity contribution is -0.113. The highest BCUT2D eigenvalue weighted by Gasteiger charge is 2.21. The molecule has 0 bridgehead atoms. The first kappa shape index (κ1) is 26.1. The number of allylic oxidation sites excluding steroid dienone is 1. The van der Waals surface area contributed by atoms with Crippen molar-refractivity contribution in [2.75, 3.05) is 11.1 Å². The zero-order valence-corrected chi connectivity index (χ0v) is 21.5. The summed E-state index contributed by atoms with van der Waals surface area (Å²) in [5.74, 6) is 0.0541. The molecule has 2 aromatic carbocycles. The lowest BCUT2D eigenvalue weighted by atomic mass is 10.1. The quantitative estimate of drug-likeness (QED) is 0.259. The third-order valence-corrected chi connectivity index (χ3v) is 6.57. The minimum Gasteiger partial charge on any atom is -0.342 e. The maximum atomic E-state index is 12.7. The molecule has 3 rings (SSSR count). The third-order valence-electron chi connectivity index (χ3n) is 4.79. The number of anilines is 1. The number of rotatable bonds is 9. The summed E-state index contributed by atoms with van der Waals surface area (Å²) in [6.07, 6.45) is 1.69. The minimum atomic E-state index is -0.422. The largest absolute Gasteiger partial charge is 0.342 e. The number of carbonyl (C=O) groups excluding carboxylic acids is 2. The van der Waals surface area contributed by atoms with E-state index >= 15 is 0 Å². The van der Waals surface area contributed by atoms with Crippen molar-refractivity contribution in [3.63, 3.8) is 0 Å². The summed E-state index contributed by atoms with van der Waals surface area (Å²) < 4.78 is 1.80. The van der Waals surface area contributed by atoms with Crippen LogP contribution in [0.3, 0.4) is 0 Å². The Hall–Kier alpha value is -2.52. The molecule has 7 nitrogen and oxygen atoms in total. The maximum Gasteiger partial charge on any atom is 0.252 e. The number of nitrogens with one attached hydrogen (secondary N) is 2. The van der Waals surface area contributed by atoms with Crippen LogP contribution in [0, 0.1) is 6.92 Å². The van der Waals surface area contributed by atoms with Crippen molar-refractivity contribution in [2.24, 2.45) is 0 Å². The molecule has 0 aliphatic rings. The molecule has 0 fully saturated rings. The van der Waals surface area contributed by atoms with E-state index < -0.39 is 6.04 Å². The van der Waals surface area contributed by atoms with Gasteiger partial charge in [-0.05, 0) is 37.6 Å². The number of amides is 2. The molecule has 2 amide bonds. The Kier molecular flexibility index (Phi) is 9.02. The van der Waals surface area contributed by atoms with Crippen molar-refractivity contribution < 1.29 is 9.59 Å². The first-order valence-electron chi connectivity index (χ1n) is 10.2. The Labute approximate surface area is 216 Å². The first-order valence-corrected chi connectivity index (χ1v) is 12.3. The van der Waals surface area contributed by atoms with Gasteiger partial charge in [-0.15, -0.1) is 16.8 Å². The van der Waals surface area contributed by atoms with Gasteiger partial charge in [-0.2, -0.15) is 0 Å². The summed E-state index contributed by atoms with van der Waals surface area (Å²) in [6, 6.07) is 9.92. The van der Waals surface area contributed by atoms with Crippen LogP contribution in [0.5, 0.6) is 0 Å². The smallest absolute Gasteiger partial charge is 0.252 e. The Balaban J connectivity index is 1.70. The van der Waals surface area contributed by atoms with E-state index in [4.69, 9.17) is 34.8 Å². The number of aryl methyl sites for hydroxylation is 1. The predicted octanol–water partition coefficient (Wildman–Crippen LogP) is 5.95. The van der Waals surface area contributed by atoms with Gasteiger partial charge in [-0.25, -0.2) is 0 Å². The molecule has 0 saturated carbocycles. The van der Waals surface area contributed by atoms with Crippen molar-refractivity contribution in [3.05, 3.63) is 81.1 Å². The number of carbonyl (C=O) groups is 2. The van der Waals surface area contributed by atoms with Crippen LogP contribution in [0.1, 0.15) is 34.7 Å². The van der Waals surface area contributed by atoms with Crippen LogP contribution in [-0.2, 0) is 11.3 Å². The fraction of sp³-hybridized carbons (Fsp3) is 0.217. The highest BCUT2D eigenvalue weighted by molar-refractivity contribution is 7.99. The molecule has 2 N–H and O–H groups in total. The van der Waals surface area contributed by atoms with Gasteiger partial charge in [0.15, 0.2) is 11.0 Å². The number of aromatic nitrogens is 3. The van der Waals surface area contributed by atoms with Crippen molar-refractivity contribution in [1.82, 2.24) is 20.1 Å². The van der Waals surface area contributed by atoms with Crippen LogP contribution in [-0.4, -0.2) is 32.3 Å². The molecule has 34 heavy (non-hydrogen) atoms. The number of hydrogen-bond donors (Lipinski definition) is 2. The molecule has 0 aliphatic heterocycles. The fourth-order valence-corrected chi connectivity index (χ4v) is 4.83. The van der Waals surface area contributed by atoms with Gasteiger partial charge in [0.25, 0.3) is 5.91 Å². The van der Waals surface area contributed by atoms with E-state index in [0.29, 0.717) is 33.8 Å². The van der Waals surface area contributed by atoms with E-state index in [9.17, 15) is 9.59 Å². The number of thioether (sulfide) groups is 1. The van der Waals surface area contributed by atoms with Crippen LogP contribution < -0.4 is 10.6 Å². The van der Waals surface area contributed by atoms with E-state index in [2.05, 4.69) is 27.4 Å². The summed E-state index contributed by atoms with van der Waals surface area (Å²) in [4.78, 5) is 25.2. The second kappa shape index (κ2) is 11.8. The molecule has 0 radical (unpaired) electrons. The van der Waals surface area contributed by atoms with E-state index in [1.54, 1.807) is 16.7 Å². The van der Waals surface area contributed by atoms with Crippen molar-refractivity contribution in [1.29, 1.82) is 0 Å². The van der Waals surface area contributed by atoms with Gasteiger partial charge < -0.3 is 15.2 Å². The van der Waals surface area contributed by atoms with Crippen LogP contribution >= 0.6 is 46.6 Å². The topological polar surface area (TPSA) is 88.9 Å². The maximum absolute atomic E-state index is 12.7. The molecule has 3 aromatic rings. The predicted molar refractivity (Wildman–Crippen MR) is 138 cm³/mol. The average Bonchev–Trinajstić information content (AvgIpc) is 3.18. The Morgan fingerprint density at radius 1 is 1.18 bits per heavy atom. The Morgan fingerprint density at radius 3 is 2.50 bits per heavy atom. The summed E-state index contributed by atoms with van der Waals surface area (Å²) in [7, 11) is 0. The summed E-state index contributed by atoms with van der Waals surface area (Å²) in [6.45, 7) is 7.89. The molecule has 0 unspecified atom stereocenters. The van der Waals surface area contributed by atoms with Crippen LogP contribution in [0.2, 0.25) is 15.1 Å². The molecule has 1 aromatic heterocycles. The van der Waals surface area contributed by atoms with Crippen LogP contribution in [0.25, 0.3) is 0 Å². The molecule has 0 saturated heterocycles. The van der Waals surface area contributed by atoms with Gasteiger partial charge in [0.05, 0.1) is 27.5 Å². The Bertz CT molecular complexity index is 1210. The fourth-order valence-electron chi connectivity index (χ4n) is 3.16. The summed E-state index contributed by atoms with van der Waals surface area (Å²) >= 11 is 19.4. The van der Waals surface area contributed by atoms with Crippen molar-refractivity contribution in [3.8, 4) is 0 Å². The van der Waals surface area contributed by atoms with E-state index in [-0.39, 0.29) is 27.6 Å². The highest BCUT2D eigenvalue weighted by Crippen LogP contribution is 2.34. The lowest BCUT2D eigenvalue weighted by Crippen LogP contribution is -2.29. The number of halogens is 3. The molecule has 11 heteroatoms. The summed E-state index contributed by atoms with van der Waals surface area (Å²) in [5.41, 5.74) is 1.76. The zero-order valence-electron chi connectivity index (χ0n) is 18.4. The van der Waals surface area contributed by atoms with E-state index in [1.807, 2.05) is 32.0 Å². The van der Waals surface area contributed by atoms with Gasteiger partial charge in [0.2, 0.25) is 5.91 Å². The van der Waals surface area contributed by atoms with E-state index in [1.165, 1.54) is 23.9 Å². The number of hydrogen-bond acceptors (Lipinski definition) is 5. The Morgan fingerprint density at radius 2 is 1.85 bits per heavy atom. The molecular weight excluding hydrogens is 517 g/mol. The molecule has 0 aliphatic carbocycles. The van der Waals surface area contributed by atoms with Crippen molar-refractivity contribution >= 4 is 64.1 Å². The van der Waals surface area contributed by atoms with Gasteiger partial charge in [-0.3, -0.25) is 9.59 Å². The van der Waals surface area contributed by atoms with Gasteiger partial charge in [0, 0.05) is 17.1 Å². The highest BCUT2D eigenvalue weighted by atomic mass is 35.5. The molecule has 1 heterocycles. The van der Waals surface area contributed by atoms with Gasteiger partial charge >= 0.3 is 0 Å². The van der Waals surface area contributed by atoms with Gasteiger partial charge in [0.1, 0.15) is 0 Å². The molecular formula is C23H22Cl3N5O2S. The van der Waals surface area contributed by atoms with Gasteiger partial charge in [-0.1, -0.05) is 70.8 Å². The van der Waals surface area contributed by atoms with Crippen LogP contribution in [0.15, 0.2) is 54.2 Å². The van der Waals surface area contributed by atoms with Crippen molar-refractivity contribution in [2.45, 2.75) is 31.6 Å². The lowest BCUT2D eigenvalue weighted by Gasteiger charge is -2.16. The third kappa shape index (κ3) is 6.33. The average molecular weight is 539 g/mol. The monoisotopic (exact) mass is 537 g/mol. The molecule has 178 valence electrons. The summed E-state index contributed by atoms with van der Waals surface area (Å²) in [5, 5.41) is 15.5. The normalized spacial score (nSPS) is 11.7. The standard InChI is InChI=1S/C23H22Cl3N5O2S/c1-4-9-31-21(14(3)27-22(33)16-8-6-5-7-13(16)2)29-30-23(31)34-12-19(32)28-20-17(25)10-15(24)11-18(20)26/h4-8,10-11,14H,1,9,12H2,2-3H3,(H,27,33)(H,28,32)/t14-/m0/s1. The zero-order chi connectivity index (χ0) is 24.8. The molecule has 0 spiro atoms. The molecule has 1 atom stereocenters. The van der Waals surface area contributed by atoms with Crippen LogP contribution in [0.4, 0.5) is 5.69 Å². The number of benzene rings is 2. The minimum absolute atomic E-state index is 0.0362. The number of nitrogens with zero attached hydrogens (tertiary/aromatic N) is 3. The first-order chi connectivity index (χ1) is 16.2. The second-order valence-corrected chi connectivity index (χ2v) is 9.52.